The van der Waals surface area contributed by atoms with Gasteiger partial charge in [0.25, 0.3) is 10.1 Å². The third kappa shape index (κ3) is 40.3. The highest BCUT2D eigenvalue weighted by Crippen LogP contribution is 2.33. The standard InChI is InChI=1S/C19H22Cl6O6S2.C12H16Cl6O4S.2C8H10O2S.2CH4/c1-12-3-5-14(6-4-12)33(27,28)31-9-13(2)15(17(26)32)7-8-16(29-10-18(20,21)22)30-11-19(23,24)25;1-7(4-19)8(10(20)23)2-3-9(21-5-11(13,14)15)22-6-12(16,17)18;2*1-6-5-11-8(10)7(6)3-2-4-9;;/h3-6,16H,7-11H2,1-2H3,(H,26,32);9,19H,2-6H2,1H3,(H,20,23);2*4H,2-3,5H2,1H3;2*1H4/b15-13-;8-7-;;;;. The van der Waals surface area contributed by atoms with Crippen LogP contribution in [0.4, 0.5) is 0 Å². The highest BCUT2D eigenvalue weighted by atomic mass is 35.6. The van der Waals surface area contributed by atoms with Crippen LogP contribution in [0, 0.1) is 6.92 Å². The molecular weight excluding hydrogens is 1400 g/mol. The first-order chi connectivity index (χ1) is 35.9. The third-order valence-electron chi connectivity index (χ3n) is 9.90. The van der Waals surface area contributed by atoms with Gasteiger partial charge in [-0.1, -0.05) is 206 Å². The van der Waals surface area contributed by atoms with Gasteiger partial charge in [0.1, 0.15) is 12.6 Å². The normalized spacial score (nSPS) is 14.7. The van der Waals surface area contributed by atoms with Crippen molar-refractivity contribution in [3.05, 3.63) is 74.4 Å². The van der Waals surface area contributed by atoms with Gasteiger partial charge in [-0.2, -0.15) is 8.42 Å². The van der Waals surface area contributed by atoms with Gasteiger partial charge in [-0.05, 0) is 83.6 Å². The van der Waals surface area contributed by atoms with E-state index in [9.17, 15) is 37.2 Å². The molecule has 1 N–H and O–H groups in total. The van der Waals surface area contributed by atoms with Crippen molar-refractivity contribution in [1.29, 1.82) is 0 Å². The molecule has 0 saturated heterocycles. The molecule has 2 aliphatic rings. The lowest BCUT2D eigenvalue weighted by atomic mass is 10.1. The van der Waals surface area contributed by atoms with Gasteiger partial charge in [0.05, 0.1) is 44.5 Å². The SMILES string of the molecule is C.C.C/C(CO)=C(\CCC(OCC(Cl)(Cl)Cl)OCC(Cl)(Cl)Cl)C(=O)S.C/C(COS(=O)(=O)c1ccc(C)cc1)=C(\CCC(OCC(Cl)(Cl)Cl)OCC(Cl)(Cl)Cl)C(=O)S.CC1=C(CCC=O)C(=O)SC1.CC1=C(CCC=O)C(=O)SC1. The highest BCUT2D eigenvalue weighted by Gasteiger charge is 2.29. The summed E-state index contributed by atoms with van der Waals surface area (Å²) in [5.41, 5.74) is 6.30. The van der Waals surface area contributed by atoms with E-state index in [-0.39, 0.29) is 101 Å². The number of aliphatic hydroxyl groups excluding tert-OH is 1. The van der Waals surface area contributed by atoms with E-state index in [1.165, 1.54) is 35.7 Å². The summed E-state index contributed by atoms with van der Waals surface area (Å²) in [5.74, 6) is 1.63. The average Bonchev–Trinajstić information content (AvgIpc) is 3.83. The lowest BCUT2D eigenvalue weighted by Gasteiger charge is -2.23. The number of rotatable bonds is 27. The molecule has 0 amide bonds. The summed E-state index contributed by atoms with van der Waals surface area (Å²) in [5, 5.41) is 8.40. The number of halogens is 12. The van der Waals surface area contributed by atoms with Crippen molar-refractivity contribution in [2.45, 2.75) is 133 Å². The number of carbonyl (C=O) groups is 6. The van der Waals surface area contributed by atoms with Crippen LogP contribution in [0.1, 0.15) is 99.5 Å². The first-order valence-electron chi connectivity index (χ1n) is 22.6. The Labute approximate surface area is 550 Å². The Hall–Kier alpha value is 0.790. The number of carbonyl (C=O) groups excluding carboxylic acids is 6. The number of aryl methyl sites for hydroxylation is 1. The van der Waals surface area contributed by atoms with Crippen molar-refractivity contribution in [3.8, 4) is 0 Å². The molecule has 0 saturated carbocycles. The zero-order valence-corrected chi connectivity index (χ0v) is 55.7. The van der Waals surface area contributed by atoms with Gasteiger partial charge in [0, 0.05) is 59.5 Å². The highest BCUT2D eigenvalue weighted by molar-refractivity contribution is 8.15. The predicted molar refractivity (Wildman–Crippen MR) is 340 cm³/mol. The Morgan fingerprint density at radius 1 is 0.625 bits per heavy atom. The van der Waals surface area contributed by atoms with E-state index in [1.54, 1.807) is 26.0 Å². The zero-order valence-electron chi connectivity index (χ0n) is 42.3. The maximum Gasteiger partial charge on any atom is 0.297 e. The van der Waals surface area contributed by atoms with Crippen LogP contribution in [-0.2, 0) is 62.0 Å². The monoisotopic (exact) mass is 1460 g/mol. The van der Waals surface area contributed by atoms with E-state index in [4.69, 9.17) is 167 Å². The van der Waals surface area contributed by atoms with Crippen molar-refractivity contribution in [2.75, 3.05) is 51.1 Å². The van der Waals surface area contributed by atoms with E-state index >= 15 is 0 Å². The molecule has 0 bridgehead atoms. The number of ether oxygens (including phenoxy) is 4. The Morgan fingerprint density at radius 2 is 0.950 bits per heavy atom. The van der Waals surface area contributed by atoms with E-state index in [0.717, 1.165) is 51.9 Å². The molecule has 31 heteroatoms. The minimum absolute atomic E-state index is 0. The maximum atomic E-state index is 12.4. The van der Waals surface area contributed by atoms with Gasteiger partial charge in [0.2, 0.25) is 35.6 Å². The van der Waals surface area contributed by atoms with E-state index < -0.39 is 48.1 Å². The molecule has 0 unspecified atom stereocenters. The van der Waals surface area contributed by atoms with Crippen LogP contribution in [0.15, 0.2) is 73.7 Å². The van der Waals surface area contributed by atoms with Gasteiger partial charge >= 0.3 is 0 Å². The molecule has 0 aliphatic carbocycles. The van der Waals surface area contributed by atoms with Crippen LogP contribution >= 0.6 is 188 Å². The molecule has 0 aromatic heterocycles. The van der Waals surface area contributed by atoms with Gasteiger partial charge in [-0.15, -0.1) is 25.3 Å². The molecule has 0 radical (unpaired) electrons. The molecule has 2 heterocycles. The molecule has 460 valence electrons. The van der Waals surface area contributed by atoms with Gasteiger partial charge in [-0.3, -0.25) is 23.4 Å². The smallest absolute Gasteiger partial charge is 0.297 e. The van der Waals surface area contributed by atoms with Crippen LogP contribution in [-0.4, -0.2) is 125 Å². The number of thiol groups is 2. The Kier molecular flexibility index (Phi) is 45.3. The lowest BCUT2D eigenvalue weighted by Crippen LogP contribution is -2.27. The second-order valence-corrected chi connectivity index (χ2v) is 30.9. The molecule has 3 rings (SSSR count). The first-order valence-corrected chi connectivity index (χ1v) is 31.4. The van der Waals surface area contributed by atoms with Crippen LogP contribution in [0.25, 0.3) is 0 Å². The number of benzene rings is 1. The molecule has 80 heavy (non-hydrogen) atoms. The average molecular weight is 1460 g/mol. The number of aldehydes is 2. The second-order valence-electron chi connectivity index (χ2n) is 16.5. The second kappa shape index (κ2) is 42.6. The van der Waals surface area contributed by atoms with Crippen LogP contribution in [0.5, 0.6) is 0 Å². The van der Waals surface area contributed by atoms with Crippen molar-refractivity contribution >= 4 is 231 Å². The largest absolute Gasteiger partial charge is 0.392 e. The zero-order chi connectivity index (χ0) is 60.2. The number of aliphatic hydroxyl groups is 1. The van der Waals surface area contributed by atoms with E-state index in [1.807, 2.05) is 20.8 Å². The Morgan fingerprint density at radius 3 is 1.21 bits per heavy atom. The fourth-order valence-electron chi connectivity index (χ4n) is 5.91. The molecular formula is C49H66Cl12O14S5. The molecule has 0 atom stereocenters. The number of hydrogen-bond donors (Lipinski definition) is 3. The summed E-state index contributed by atoms with van der Waals surface area (Å²) in [6.45, 7) is 7.12. The molecule has 14 nitrogen and oxygen atoms in total. The summed E-state index contributed by atoms with van der Waals surface area (Å²) in [6, 6.07) is 6.16. The van der Waals surface area contributed by atoms with Crippen molar-refractivity contribution < 1.29 is 65.4 Å². The van der Waals surface area contributed by atoms with Crippen molar-refractivity contribution in [3.63, 3.8) is 0 Å². The molecule has 1 aromatic carbocycles. The summed E-state index contributed by atoms with van der Waals surface area (Å²) < 4.78 is 44.7. The first kappa shape index (κ1) is 85.0. The van der Waals surface area contributed by atoms with Gasteiger partial charge in [0.15, 0.2) is 12.6 Å². The number of alkyl halides is 12. The summed E-state index contributed by atoms with van der Waals surface area (Å²) >= 11 is 78.2. The van der Waals surface area contributed by atoms with Crippen LogP contribution in [0.3, 0.4) is 0 Å². The van der Waals surface area contributed by atoms with Crippen LogP contribution < -0.4 is 0 Å². The van der Waals surface area contributed by atoms with Gasteiger partial charge in [-0.25, -0.2) is 0 Å². The minimum atomic E-state index is -4.02. The van der Waals surface area contributed by atoms with Gasteiger partial charge < -0.3 is 33.6 Å². The van der Waals surface area contributed by atoms with E-state index in [0.29, 0.717) is 42.4 Å². The maximum absolute atomic E-state index is 12.4. The number of thioether (sulfide) groups is 2. The Balaban J connectivity index is -0.00000108. The van der Waals surface area contributed by atoms with E-state index in [2.05, 4.69) is 25.3 Å². The van der Waals surface area contributed by atoms with Crippen molar-refractivity contribution in [2.24, 2.45) is 0 Å². The fraction of sp³-hybridized carbons (Fsp3) is 0.592. The summed E-state index contributed by atoms with van der Waals surface area (Å²) in [4.78, 5) is 65.8. The minimum Gasteiger partial charge on any atom is -0.392 e. The van der Waals surface area contributed by atoms with Crippen LogP contribution in [0.2, 0.25) is 0 Å². The van der Waals surface area contributed by atoms with Crippen molar-refractivity contribution in [1.82, 2.24) is 0 Å². The number of hydrogen-bond acceptors (Lipinski definition) is 16. The fourth-order valence-corrected chi connectivity index (χ4v) is 10.2. The molecule has 0 fully saturated rings. The summed E-state index contributed by atoms with van der Waals surface area (Å²) in [6.07, 6.45) is 2.63. The Bertz CT molecular complexity index is 2300. The molecule has 1 aromatic rings. The molecule has 0 spiro atoms. The molecule has 2 aliphatic heterocycles. The topological polar surface area (TPSA) is 203 Å². The lowest BCUT2D eigenvalue weighted by molar-refractivity contribution is -0.143. The third-order valence-corrected chi connectivity index (χ3v) is 15.2. The quantitative estimate of drug-likeness (QED) is 0.0187. The summed E-state index contributed by atoms with van der Waals surface area (Å²) in [7, 11) is -4.02. The predicted octanol–water partition coefficient (Wildman–Crippen LogP) is 15.4.